The number of rotatable bonds is 7. The molecule has 0 aromatic heterocycles. The van der Waals surface area contributed by atoms with Crippen molar-refractivity contribution >= 4 is 23.4 Å². The molecule has 0 aromatic carbocycles. The Hall–Kier alpha value is -2.22. The summed E-state index contributed by atoms with van der Waals surface area (Å²) in [5.74, 6) is 0.619. The van der Waals surface area contributed by atoms with E-state index in [1.807, 2.05) is 0 Å². The van der Waals surface area contributed by atoms with Crippen LogP contribution in [0.1, 0.15) is 72.1 Å². The van der Waals surface area contributed by atoms with Crippen LogP contribution in [0, 0.1) is 34.5 Å². The topological polar surface area (TPSA) is 125 Å². The van der Waals surface area contributed by atoms with Crippen molar-refractivity contribution in [3.05, 3.63) is 11.6 Å². The molecule has 8 nitrogen and oxygen atoms in total. The number of carboxylic acid groups (broad SMARTS) is 1. The third-order valence-electron chi connectivity index (χ3n) is 9.66. The highest BCUT2D eigenvalue weighted by atomic mass is 16.6. The Labute approximate surface area is 201 Å². The van der Waals surface area contributed by atoms with E-state index in [2.05, 4.69) is 30.4 Å². The van der Waals surface area contributed by atoms with E-state index in [0.29, 0.717) is 23.5 Å². The molecule has 3 saturated carbocycles. The van der Waals surface area contributed by atoms with Gasteiger partial charge < -0.3 is 20.4 Å². The summed E-state index contributed by atoms with van der Waals surface area (Å²) in [4.78, 5) is 40.3. The molecule has 0 saturated heterocycles. The van der Waals surface area contributed by atoms with Gasteiger partial charge >= 0.3 is 5.97 Å². The minimum absolute atomic E-state index is 0.144. The number of nitrogens with zero attached hydrogens (tertiary/aromatic N) is 1. The van der Waals surface area contributed by atoms with Crippen molar-refractivity contribution in [1.82, 2.24) is 5.32 Å². The van der Waals surface area contributed by atoms with Gasteiger partial charge in [0, 0.05) is 5.92 Å². The maximum absolute atomic E-state index is 12.3. The predicted molar refractivity (Wildman–Crippen MR) is 126 cm³/mol. The van der Waals surface area contributed by atoms with Gasteiger partial charge in [0.15, 0.2) is 6.61 Å². The second kappa shape index (κ2) is 9.44. The Kier molecular flexibility index (Phi) is 6.91. The summed E-state index contributed by atoms with van der Waals surface area (Å²) >= 11 is 0. The minimum Gasteiger partial charge on any atom is -0.480 e. The number of aliphatic carboxylic acids is 1. The lowest BCUT2D eigenvalue weighted by atomic mass is 9.46. The van der Waals surface area contributed by atoms with Crippen molar-refractivity contribution in [2.24, 2.45) is 39.7 Å². The third kappa shape index (κ3) is 4.30. The van der Waals surface area contributed by atoms with E-state index < -0.39 is 31.1 Å². The predicted octanol–water partition coefficient (Wildman–Crippen LogP) is 3.09. The number of nitrogens with one attached hydrogen (secondary N) is 1. The molecular formula is C26H38N2O6. The number of hydrogen-bond donors (Lipinski definition) is 3. The Morgan fingerprint density at radius 3 is 2.59 bits per heavy atom. The van der Waals surface area contributed by atoms with E-state index in [0.717, 1.165) is 44.2 Å². The molecule has 188 valence electrons. The lowest BCUT2D eigenvalue weighted by molar-refractivity contribution is -0.143. The zero-order valence-corrected chi connectivity index (χ0v) is 20.5. The molecule has 0 spiro atoms. The molecule has 0 aliphatic heterocycles. The van der Waals surface area contributed by atoms with Gasteiger partial charge in [-0.15, -0.1) is 0 Å². The first kappa shape index (κ1) is 24.9. The highest BCUT2D eigenvalue weighted by Gasteiger charge is 2.59. The Bertz CT molecular complexity index is 913. The number of carboxylic acids is 1. The molecule has 34 heavy (non-hydrogen) atoms. The smallest absolute Gasteiger partial charge is 0.328 e. The maximum atomic E-state index is 12.3. The molecule has 4 aliphatic carbocycles. The fourth-order valence-corrected chi connectivity index (χ4v) is 7.91. The number of aliphatic hydroxyl groups is 1. The van der Waals surface area contributed by atoms with Gasteiger partial charge in [-0.25, -0.2) is 4.79 Å². The van der Waals surface area contributed by atoms with Gasteiger partial charge in [-0.1, -0.05) is 24.6 Å². The number of carbonyl (C=O) groups is 3. The number of Topliss-reactive ketones (excluding diaryl/α,β-unsaturated/α-hetero) is 1. The van der Waals surface area contributed by atoms with Crippen LogP contribution >= 0.6 is 0 Å². The lowest BCUT2D eigenvalue weighted by Crippen LogP contribution is -2.51. The first-order valence-electron chi connectivity index (χ1n) is 12.6. The molecule has 8 heteroatoms. The van der Waals surface area contributed by atoms with Gasteiger partial charge in [0.2, 0.25) is 0 Å². The number of fused-ring (bicyclic) bond motifs is 5. The van der Waals surface area contributed by atoms with Crippen molar-refractivity contribution in [2.75, 3.05) is 13.2 Å². The summed E-state index contributed by atoms with van der Waals surface area (Å²) in [7, 11) is 0. The summed E-state index contributed by atoms with van der Waals surface area (Å²) in [6.07, 6.45) is 10.6. The second-order valence-electron chi connectivity index (χ2n) is 11.3. The number of allylic oxidation sites excluding steroid dienone is 2. The highest BCUT2D eigenvalue weighted by Crippen LogP contribution is 2.66. The van der Waals surface area contributed by atoms with E-state index in [1.54, 1.807) is 6.92 Å². The van der Waals surface area contributed by atoms with E-state index in [4.69, 9.17) is 15.1 Å². The second-order valence-corrected chi connectivity index (χ2v) is 11.3. The van der Waals surface area contributed by atoms with E-state index in [1.165, 1.54) is 18.4 Å². The van der Waals surface area contributed by atoms with Crippen molar-refractivity contribution in [3.63, 3.8) is 0 Å². The van der Waals surface area contributed by atoms with Crippen LogP contribution in [0.5, 0.6) is 0 Å². The molecular weight excluding hydrogens is 436 g/mol. The minimum atomic E-state index is -1.35. The summed E-state index contributed by atoms with van der Waals surface area (Å²) < 4.78 is 0. The summed E-state index contributed by atoms with van der Waals surface area (Å²) in [6.45, 7) is 5.48. The van der Waals surface area contributed by atoms with Gasteiger partial charge in [-0.05, 0) is 93.0 Å². The van der Waals surface area contributed by atoms with Gasteiger partial charge in [-0.3, -0.25) is 9.59 Å². The van der Waals surface area contributed by atoms with E-state index in [-0.39, 0.29) is 16.7 Å². The van der Waals surface area contributed by atoms with Gasteiger partial charge in [0.1, 0.15) is 11.8 Å². The number of amides is 1. The Morgan fingerprint density at radius 1 is 1.15 bits per heavy atom. The molecule has 7 atom stereocenters. The Morgan fingerprint density at radius 2 is 1.91 bits per heavy atom. The van der Waals surface area contributed by atoms with Crippen LogP contribution in [0.15, 0.2) is 16.8 Å². The van der Waals surface area contributed by atoms with E-state index in [9.17, 15) is 14.4 Å². The first-order chi connectivity index (χ1) is 16.1. The number of ketones is 1. The van der Waals surface area contributed by atoms with Crippen LogP contribution in [-0.2, 0) is 19.2 Å². The molecule has 3 fully saturated rings. The van der Waals surface area contributed by atoms with Crippen molar-refractivity contribution in [2.45, 2.75) is 78.2 Å². The number of oxime groups is 1. The zero-order chi connectivity index (χ0) is 24.7. The summed E-state index contributed by atoms with van der Waals surface area (Å²) in [5, 5.41) is 24.3. The molecule has 0 unspecified atom stereocenters. The summed E-state index contributed by atoms with van der Waals surface area (Å²) in [6, 6.07) is -1.35. The zero-order valence-electron chi connectivity index (χ0n) is 20.5. The fraction of sp³-hybridized carbons (Fsp3) is 0.769. The fourth-order valence-electron chi connectivity index (χ4n) is 7.91. The molecule has 4 rings (SSSR count). The average Bonchev–Trinajstić information content (AvgIpc) is 3.15. The van der Waals surface area contributed by atoms with Crippen LogP contribution in [0.2, 0.25) is 0 Å². The van der Waals surface area contributed by atoms with Crippen molar-refractivity contribution in [3.8, 4) is 0 Å². The normalized spacial score (nSPS) is 38.7. The first-order valence-corrected chi connectivity index (χ1v) is 12.6. The Balaban J connectivity index is 1.41. The quantitative estimate of drug-likeness (QED) is 0.487. The van der Waals surface area contributed by atoms with Crippen LogP contribution < -0.4 is 5.32 Å². The number of aliphatic hydroxyl groups excluding tert-OH is 1. The van der Waals surface area contributed by atoms with Crippen LogP contribution in [0.25, 0.3) is 0 Å². The van der Waals surface area contributed by atoms with E-state index >= 15 is 0 Å². The maximum Gasteiger partial charge on any atom is 0.328 e. The third-order valence-corrected chi connectivity index (χ3v) is 9.66. The molecule has 0 aromatic rings. The number of carbonyl (C=O) groups excluding carboxylic acids is 2. The van der Waals surface area contributed by atoms with Crippen LogP contribution in [-0.4, -0.2) is 52.8 Å². The molecule has 0 heterocycles. The highest BCUT2D eigenvalue weighted by molar-refractivity contribution is 5.96. The SMILES string of the molecule is CC(=O)[C@@H]1CC[C@H]2[C@@H]3CCC4=C/C(=N/OCC(=O)N[C@@H](CO)C(=O)O)CC[C@]4(C)[C@H]3CC[C@]12C. The van der Waals surface area contributed by atoms with Gasteiger partial charge in [-0.2, -0.15) is 0 Å². The van der Waals surface area contributed by atoms with Gasteiger partial charge in [0.05, 0.1) is 12.3 Å². The average molecular weight is 475 g/mol. The largest absolute Gasteiger partial charge is 0.480 e. The lowest BCUT2D eigenvalue weighted by Gasteiger charge is -2.58. The molecule has 4 aliphatic rings. The van der Waals surface area contributed by atoms with Gasteiger partial charge in [0.25, 0.3) is 5.91 Å². The van der Waals surface area contributed by atoms with Crippen molar-refractivity contribution in [1.29, 1.82) is 0 Å². The molecule has 0 bridgehead atoms. The monoisotopic (exact) mass is 474 g/mol. The van der Waals surface area contributed by atoms with Crippen LogP contribution in [0.3, 0.4) is 0 Å². The van der Waals surface area contributed by atoms with Crippen molar-refractivity contribution < 1.29 is 29.4 Å². The molecule has 0 radical (unpaired) electrons. The molecule has 3 N–H and O–H groups in total. The standard InChI is InChI=1S/C26H38N2O6/c1-15(30)19-6-7-20-18-5-4-16-12-17(28-34-14-23(31)27-22(13-29)24(32)33)8-10-25(16,2)21(18)9-11-26(19,20)3/h12,18-22,29H,4-11,13-14H2,1-3H3,(H,27,31)(H,32,33)/b28-17+/t18-,19-,20-,21-,22-,25-,26+/m0/s1. The summed E-state index contributed by atoms with van der Waals surface area (Å²) in [5.41, 5.74) is 2.54. The number of hydrogen-bond acceptors (Lipinski definition) is 6. The molecule has 1 amide bonds. The van der Waals surface area contributed by atoms with Crippen LogP contribution in [0.4, 0.5) is 0 Å².